The number of benzene rings is 1. The molecule has 0 atom stereocenters. The molecule has 0 saturated heterocycles. The van der Waals surface area contributed by atoms with E-state index in [1.165, 1.54) is 4.90 Å². The molecule has 0 unspecified atom stereocenters. The van der Waals surface area contributed by atoms with E-state index < -0.39 is 0 Å². The van der Waals surface area contributed by atoms with Crippen molar-refractivity contribution in [1.82, 2.24) is 4.90 Å². The smallest absolute Gasteiger partial charge is 0.253 e. The first kappa shape index (κ1) is 17.2. The number of hydrogen-bond donors (Lipinski definition) is 1. The third-order valence-corrected chi connectivity index (χ3v) is 3.01. The topological polar surface area (TPSA) is 97.0 Å². The Balaban J connectivity index is 2.78. The summed E-state index contributed by atoms with van der Waals surface area (Å²) in [5.41, 5.74) is 1.09. The molecule has 1 rings (SSSR count). The van der Waals surface area contributed by atoms with Crippen LogP contribution in [0, 0.1) is 22.7 Å². The maximum Gasteiger partial charge on any atom is 0.253 e. The largest absolute Gasteiger partial charge is 0.337 e. The number of nitrogens with zero attached hydrogens (tertiary/aromatic N) is 3. The fraction of sp³-hybridized carbons (Fsp3) is 0.375. The number of nitrogens with one attached hydrogen (secondary N) is 1. The molecule has 1 N–H and O–H groups in total. The van der Waals surface area contributed by atoms with Crippen LogP contribution in [-0.4, -0.2) is 29.8 Å². The van der Waals surface area contributed by atoms with Gasteiger partial charge in [0.05, 0.1) is 25.0 Å². The quantitative estimate of drug-likeness (QED) is 0.835. The Labute approximate surface area is 129 Å². The number of nitriles is 2. The Morgan fingerprint density at radius 2 is 1.64 bits per heavy atom. The number of anilines is 1. The second-order valence-electron chi connectivity index (χ2n) is 4.59. The number of carbonyl (C=O) groups is 2. The summed E-state index contributed by atoms with van der Waals surface area (Å²) in [5.74, 6) is -0.317. The first-order valence-electron chi connectivity index (χ1n) is 7.05. The SMILES string of the molecule is CCC(=O)Nc1ccc(C(=O)N(CCC#N)CCC#N)cc1. The van der Waals surface area contributed by atoms with Gasteiger partial charge in [-0.1, -0.05) is 6.92 Å². The third-order valence-electron chi connectivity index (χ3n) is 3.01. The zero-order chi connectivity index (χ0) is 16.4. The molecule has 0 aliphatic carbocycles. The monoisotopic (exact) mass is 298 g/mol. The minimum absolute atomic E-state index is 0.0938. The minimum atomic E-state index is -0.223. The van der Waals surface area contributed by atoms with E-state index in [9.17, 15) is 9.59 Å². The molecule has 0 spiro atoms. The molecule has 0 aromatic heterocycles. The van der Waals surface area contributed by atoms with Gasteiger partial charge in [-0.25, -0.2) is 0 Å². The zero-order valence-electron chi connectivity index (χ0n) is 12.5. The summed E-state index contributed by atoms with van der Waals surface area (Å²) in [6, 6.07) is 10.6. The van der Waals surface area contributed by atoms with Gasteiger partial charge in [-0.3, -0.25) is 9.59 Å². The first-order valence-corrected chi connectivity index (χ1v) is 7.05. The van der Waals surface area contributed by atoms with Crippen molar-refractivity contribution in [2.45, 2.75) is 26.2 Å². The number of hydrogen-bond acceptors (Lipinski definition) is 4. The standard InChI is InChI=1S/C16H18N4O2/c1-2-15(21)19-14-7-5-13(6-8-14)16(22)20(11-3-9-17)12-4-10-18/h5-8H,2-4,11-12H2,1H3,(H,19,21). The van der Waals surface area contributed by atoms with Crippen molar-refractivity contribution >= 4 is 17.5 Å². The summed E-state index contributed by atoms with van der Waals surface area (Å²) in [5, 5.41) is 20.0. The summed E-state index contributed by atoms with van der Waals surface area (Å²) >= 11 is 0. The van der Waals surface area contributed by atoms with E-state index >= 15 is 0 Å². The van der Waals surface area contributed by atoms with Crippen molar-refractivity contribution in [3.05, 3.63) is 29.8 Å². The van der Waals surface area contributed by atoms with Crippen molar-refractivity contribution in [2.75, 3.05) is 18.4 Å². The van der Waals surface area contributed by atoms with Crippen molar-refractivity contribution in [1.29, 1.82) is 10.5 Å². The van der Waals surface area contributed by atoms with Crippen LogP contribution in [0.5, 0.6) is 0 Å². The highest BCUT2D eigenvalue weighted by molar-refractivity contribution is 5.95. The van der Waals surface area contributed by atoms with Crippen LogP contribution in [0.1, 0.15) is 36.5 Å². The van der Waals surface area contributed by atoms with Gasteiger partial charge < -0.3 is 10.2 Å². The summed E-state index contributed by atoms with van der Waals surface area (Å²) in [6.45, 7) is 2.35. The van der Waals surface area contributed by atoms with Crippen molar-refractivity contribution in [2.24, 2.45) is 0 Å². The average molecular weight is 298 g/mol. The summed E-state index contributed by atoms with van der Waals surface area (Å²) in [7, 11) is 0. The fourth-order valence-electron chi connectivity index (χ4n) is 1.81. The van der Waals surface area contributed by atoms with Crippen LogP contribution in [0.15, 0.2) is 24.3 Å². The third kappa shape index (κ3) is 5.26. The zero-order valence-corrected chi connectivity index (χ0v) is 12.5. The molecule has 0 aliphatic rings. The van der Waals surface area contributed by atoms with E-state index in [2.05, 4.69) is 5.32 Å². The van der Waals surface area contributed by atoms with Gasteiger partial charge in [-0.2, -0.15) is 10.5 Å². The fourth-order valence-corrected chi connectivity index (χ4v) is 1.81. The van der Waals surface area contributed by atoms with Gasteiger partial charge in [0.2, 0.25) is 5.91 Å². The molecule has 6 nitrogen and oxygen atoms in total. The molecule has 0 aliphatic heterocycles. The predicted molar refractivity (Wildman–Crippen MR) is 81.7 cm³/mol. The maximum absolute atomic E-state index is 12.4. The molecule has 6 heteroatoms. The Hall–Kier alpha value is -2.86. The van der Waals surface area contributed by atoms with Crippen LogP contribution in [0.2, 0.25) is 0 Å². The summed E-state index contributed by atoms with van der Waals surface area (Å²) < 4.78 is 0. The molecule has 0 radical (unpaired) electrons. The van der Waals surface area contributed by atoms with Crippen LogP contribution in [-0.2, 0) is 4.79 Å². The second-order valence-corrected chi connectivity index (χ2v) is 4.59. The van der Waals surface area contributed by atoms with Gasteiger partial charge in [0.15, 0.2) is 0 Å². The minimum Gasteiger partial charge on any atom is -0.337 e. The van der Waals surface area contributed by atoms with E-state index in [0.717, 1.165) is 0 Å². The normalized spacial score (nSPS) is 9.41. The van der Waals surface area contributed by atoms with Crippen LogP contribution in [0.3, 0.4) is 0 Å². The van der Waals surface area contributed by atoms with Crippen molar-refractivity contribution in [3.8, 4) is 12.1 Å². The lowest BCUT2D eigenvalue weighted by Crippen LogP contribution is -2.32. The number of rotatable bonds is 7. The van der Waals surface area contributed by atoms with Gasteiger partial charge in [0.1, 0.15) is 0 Å². The Morgan fingerprint density at radius 1 is 1.09 bits per heavy atom. The second kappa shape index (κ2) is 9.15. The lowest BCUT2D eigenvalue weighted by molar-refractivity contribution is -0.115. The lowest BCUT2D eigenvalue weighted by Gasteiger charge is -2.20. The molecule has 1 aromatic carbocycles. The van der Waals surface area contributed by atoms with E-state index in [0.29, 0.717) is 30.8 Å². The van der Waals surface area contributed by atoms with Gasteiger partial charge >= 0.3 is 0 Å². The van der Waals surface area contributed by atoms with Crippen LogP contribution < -0.4 is 5.32 Å². The summed E-state index contributed by atoms with van der Waals surface area (Å²) in [4.78, 5) is 25.2. The molecule has 1 aromatic rings. The predicted octanol–water partition coefficient (Wildman–Crippen LogP) is 2.30. The molecule has 0 heterocycles. The van der Waals surface area contributed by atoms with Gasteiger partial charge in [0.25, 0.3) is 5.91 Å². The van der Waals surface area contributed by atoms with E-state index in [-0.39, 0.29) is 24.7 Å². The van der Waals surface area contributed by atoms with E-state index in [4.69, 9.17) is 10.5 Å². The Morgan fingerprint density at radius 3 is 2.09 bits per heavy atom. The Bertz CT molecular complexity index is 578. The maximum atomic E-state index is 12.4. The summed E-state index contributed by atoms with van der Waals surface area (Å²) in [6.07, 6.45) is 0.834. The van der Waals surface area contributed by atoms with E-state index in [1.807, 2.05) is 12.1 Å². The molecule has 22 heavy (non-hydrogen) atoms. The van der Waals surface area contributed by atoms with Crippen LogP contribution in [0.4, 0.5) is 5.69 Å². The highest BCUT2D eigenvalue weighted by Crippen LogP contribution is 2.12. The molecule has 114 valence electrons. The first-order chi connectivity index (χ1) is 10.6. The molecule has 0 saturated carbocycles. The molecule has 2 amide bonds. The number of carbonyl (C=O) groups excluding carboxylic acids is 2. The highest BCUT2D eigenvalue weighted by atomic mass is 16.2. The molecular formula is C16H18N4O2. The lowest BCUT2D eigenvalue weighted by atomic mass is 10.1. The van der Waals surface area contributed by atoms with Crippen LogP contribution in [0.25, 0.3) is 0 Å². The van der Waals surface area contributed by atoms with Gasteiger partial charge in [0, 0.05) is 30.8 Å². The molecular weight excluding hydrogens is 280 g/mol. The van der Waals surface area contributed by atoms with Crippen molar-refractivity contribution in [3.63, 3.8) is 0 Å². The number of amides is 2. The molecule has 0 fully saturated rings. The van der Waals surface area contributed by atoms with Crippen LogP contribution >= 0.6 is 0 Å². The van der Waals surface area contributed by atoms with Crippen molar-refractivity contribution < 1.29 is 9.59 Å². The Kier molecular flexibility index (Phi) is 7.15. The van der Waals surface area contributed by atoms with E-state index in [1.54, 1.807) is 31.2 Å². The molecule has 0 bridgehead atoms. The van der Waals surface area contributed by atoms with Gasteiger partial charge in [-0.15, -0.1) is 0 Å². The van der Waals surface area contributed by atoms with Gasteiger partial charge in [-0.05, 0) is 24.3 Å². The highest BCUT2D eigenvalue weighted by Gasteiger charge is 2.15. The average Bonchev–Trinajstić information content (AvgIpc) is 2.55.